The molecule has 1 aromatic carbocycles. The second-order valence-electron chi connectivity index (χ2n) is 4.49. The number of hydrogen-bond donors (Lipinski definition) is 1. The Kier molecular flexibility index (Phi) is 2.84. The van der Waals surface area contributed by atoms with Gasteiger partial charge < -0.3 is 9.72 Å². The van der Waals surface area contributed by atoms with Crippen LogP contribution in [0.25, 0.3) is 0 Å². The number of hydrogen-bond acceptors (Lipinski definition) is 3. The fourth-order valence-corrected chi connectivity index (χ4v) is 1.85. The Morgan fingerprint density at radius 1 is 1.28 bits per heavy atom. The Bertz CT molecular complexity index is 588. The third-order valence-electron chi connectivity index (χ3n) is 2.92. The number of ether oxygens (including phenoxy) is 1. The maximum absolute atomic E-state index is 11.5. The molecule has 3 rings (SSSR count). The van der Waals surface area contributed by atoms with Crippen molar-refractivity contribution in [3.8, 4) is 5.75 Å². The second kappa shape index (κ2) is 4.64. The van der Waals surface area contributed by atoms with Gasteiger partial charge >= 0.3 is 0 Å². The van der Waals surface area contributed by atoms with Gasteiger partial charge in [-0.05, 0) is 25.0 Å². The molecule has 1 aromatic heterocycles. The first-order valence-corrected chi connectivity index (χ1v) is 6.09. The Labute approximate surface area is 105 Å². The Balaban J connectivity index is 1.74. The van der Waals surface area contributed by atoms with Crippen molar-refractivity contribution in [2.75, 3.05) is 0 Å². The molecule has 1 aliphatic rings. The summed E-state index contributed by atoms with van der Waals surface area (Å²) < 4.78 is 5.57. The number of nitrogens with zero attached hydrogens (tertiary/aromatic N) is 1. The quantitative estimate of drug-likeness (QED) is 0.894. The lowest BCUT2D eigenvalue weighted by Crippen LogP contribution is -2.14. The largest absolute Gasteiger partial charge is 0.486 e. The highest BCUT2D eigenvalue weighted by molar-refractivity contribution is 5.21. The fourth-order valence-electron chi connectivity index (χ4n) is 1.85. The van der Waals surface area contributed by atoms with Gasteiger partial charge in [-0.15, -0.1) is 0 Å². The number of rotatable bonds is 4. The van der Waals surface area contributed by atoms with Crippen molar-refractivity contribution in [2.45, 2.75) is 25.4 Å². The van der Waals surface area contributed by atoms with Crippen LogP contribution in [0.5, 0.6) is 5.75 Å². The molecule has 4 nitrogen and oxygen atoms in total. The number of benzene rings is 1. The van der Waals surface area contributed by atoms with Gasteiger partial charge in [0.05, 0.1) is 5.69 Å². The lowest BCUT2D eigenvalue weighted by molar-refractivity contribution is 0.295. The maximum atomic E-state index is 11.5. The van der Waals surface area contributed by atoms with Crippen LogP contribution in [-0.2, 0) is 6.61 Å². The summed E-state index contributed by atoms with van der Waals surface area (Å²) in [5, 5.41) is 0. The average Bonchev–Trinajstić information content (AvgIpc) is 3.21. The van der Waals surface area contributed by atoms with Gasteiger partial charge in [-0.25, -0.2) is 4.98 Å². The summed E-state index contributed by atoms with van der Waals surface area (Å²) in [5.74, 6) is 1.84. The van der Waals surface area contributed by atoms with Crippen LogP contribution < -0.4 is 10.3 Å². The zero-order valence-electron chi connectivity index (χ0n) is 9.93. The molecule has 1 saturated carbocycles. The molecule has 0 spiro atoms. The van der Waals surface area contributed by atoms with E-state index in [-0.39, 0.29) is 5.56 Å². The zero-order chi connectivity index (χ0) is 12.4. The average molecular weight is 242 g/mol. The standard InChI is InChI=1S/C14H14N2O2/c17-14-8-12(10-6-7-10)15-13(16-14)9-18-11-4-2-1-3-5-11/h1-5,8,10H,6-7,9H2,(H,15,16,17). The van der Waals surface area contributed by atoms with Crippen LogP contribution in [-0.4, -0.2) is 9.97 Å². The lowest BCUT2D eigenvalue weighted by atomic mass is 10.3. The van der Waals surface area contributed by atoms with Crippen molar-refractivity contribution in [3.63, 3.8) is 0 Å². The van der Waals surface area contributed by atoms with Crippen molar-refractivity contribution >= 4 is 0 Å². The predicted octanol–water partition coefficient (Wildman–Crippen LogP) is 2.23. The minimum Gasteiger partial charge on any atom is -0.486 e. The van der Waals surface area contributed by atoms with Crippen LogP contribution in [0.3, 0.4) is 0 Å². The van der Waals surface area contributed by atoms with Crippen molar-refractivity contribution in [2.24, 2.45) is 0 Å². The van der Waals surface area contributed by atoms with Crippen LogP contribution >= 0.6 is 0 Å². The molecular weight excluding hydrogens is 228 g/mol. The van der Waals surface area contributed by atoms with Gasteiger partial charge in [0.15, 0.2) is 0 Å². The molecule has 0 atom stereocenters. The van der Waals surface area contributed by atoms with E-state index in [0.717, 1.165) is 24.3 Å². The highest BCUT2D eigenvalue weighted by Crippen LogP contribution is 2.38. The van der Waals surface area contributed by atoms with E-state index in [1.165, 1.54) is 0 Å². The SMILES string of the molecule is O=c1cc(C2CC2)nc(COc2ccccc2)[nH]1. The highest BCUT2D eigenvalue weighted by atomic mass is 16.5. The van der Waals surface area contributed by atoms with E-state index in [1.54, 1.807) is 6.07 Å². The molecule has 1 fully saturated rings. The first-order chi connectivity index (χ1) is 8.81. The van der Waals surface area contributed by atoms with E-state index >= 15 is 0 Å². The number of H-pyrrole nitrogens is 1. The van der Waals surface area contributed by atoms with Crippen molar-refractivity contribution in [3.05, 3.63) is 58.3 Å². The topological polar surface area (TPSA) is 55.0 Å². The van der Waals surface area contributed by atoms with Crippen molar-refractivity contribution in [1.82, 2.24) is 9.97 Å². The summed E-state index contributed by atoms with van der Waals surface area (Å²) in [5.41, 5.74) is 0.795. The molecule has 0 aliphatic heterocycles. The summed E-state index contributed by atoms with van der Waals surface area (Å²) in [4.78, 5) is 18.6. The first-order valence-electron chi connectivity index (χ1n) is 6.09. The summed E-state index contributed by atoms with van der Waals surface area (Å²) in [6, 6.07) is 11.1. The molecular formula is C14H14N2O2. The van der Waals surface area contributed by atoms with Crippen LogP contribution in [0.2, 0.25) is 0 Å². The monoisotopic (exact) mass is 242 g/mol. The molecule has 0 amide bonds. The summed E-state index contributed by atoms with van der Waals surface area (Å²) in [7, 11) is 0. The van der Waals surface area contributed by atoms with E-state index < -0.39 is 0 Å². The van der Waals surface area contributed by atoms with Gasteiger partial charge in [-0.3, -0.25) is 4.79 Å². The zero-order valence-corrected chi connectivity index (χ0v) is 9.93. The van der Waals surface area contributed by atoms with E-state index in [1.807, 2.05) is 30.3 Å². The van der Waals surface area contributed by atoms with Crippen LogP contribution in [0.15, 0.2) is 41.2 Å². The van der Waals surface area contributed by atoms with E-state index in [9.17, 15) is 4.79 Å². The normalized spacial score (nSPS) is 14.4. The van der Waals surface area contributed by atoms with Gasteiger partial charge in [0.1, 0.15) is 18.2 Å². The third-order valence-corrected chi connectivity index (χ3v) is 2.92. The second-order valence-corrected chi connectivity index (χ2v) is 4.49. The summed E-state index contributed by atoms with van der Waals surface area (Å²) in [6.07, 6.45) is 2.27. The molecule has 0 radical (unpaired) electrons. The highest BCUT2D eigenvalue weighted by Gasteiger charge is 2.25. The van der Waals surface area contributed by atoms with Crippen LogP contribution in [0, 0.1) is 0 Å². The van der Waals surface area contributed by atoms with Crippen LogP contribution in [0.4, 0.5) is 0 Å². The smallest absolute Gasteiger partial charge is 0.251 e. The number of nitrogens with one attached hydrogen (secondary N) is 1. The van der Waals surface area contributed by atoms with Crippen molar-refractivity contribution in [1.29, 1.82) is 0 Å². The molecule has 92 valence electrons. The predicted molar refractivity (Wildman–Crippen MR) is 67.6 cm³/mol. The molecule has 0 bridgehead atoms. The lowest BCUT2D eigenvalue weighted by Gasteiger charge is -2.06. The van der Waals surface area contributed by atoms with Gasteiger partial charge in [-0.2, -0.15) is 0 Å². The van der Waals surface area contributed by atoms with E-state index in [0.29, 0.717) is 18.3 Å². The molecule has 1 N–H and O–H groups in total. The molecule has 0 unspecified atom stereocenters. The summed E-state index contributed by atoms with van der Waals surface area (Å²) >= 11 is 0. The third kappa shape index (κ3) is 2.59. The molecule has 2 aromatic rings. The van der Waals surface area contributed by atoms with Crippen LogP contribution in [0.1, 0.15) is 30.3 Å². The molecule has 0 saturated heterocycles. The Morgan fingerprint density at radius 2 is 2.06 bits per heavy atom. The fraction of sp³-hybridized carbons (Fsp3) is 0.286. The molecule has 18 heavy (non-hydrogen) atoms. The Hall–Kier alpha value is -2.10. The minimum absolute atomic E-state index is 0.0986. The molecule has 4 heteroatoms. The number of para-hydroxylation sites is 1. The maximum Gasteiger partial charge on any atom is 0.251 e. The van der Waals surface area contributed by atoms with Gasteiger partial charge in [0, 0.05) is 12.0 Å². The number of aromatic amines is 1. The van der Waals surface area contributed by atoms with E-state index in [4.69, 9.17) is 4.74 Å². The van der Waals surface area contributed by atoms with E-state index in [2.05, 4.69) is 9.97 Å². The summed E-state index contributed by atoms with van der Waals surface area (Å²) in [6.45, 7) is 0.291. The number of aromatic nitrogens is 2. The molecule has 1 aliphatic carbocycles. The molecule has 1 heterocycles. The Morgan fingerprint density at radius 3 is 2.78 bits per heavy atom. The van der Waals surface area contributed by atoms with Crippen molar-refractivity contribution < 1.29 is 4.74 Å². The van der Waals surface area contributed by atoms with Gasteiger partial charge in [0.2, 0.25) is 0 Å². The first kappa shape index (κ1) is 11.0. The van der Waals surface area contributed by atoms with Gasteiger partial charge in [0.25, 0.3) is 5.56 Å². The van der Waals surface area contributed by atoms with Gasteiger partial charge in [-0.1, -0.05) is 18.2 Å². The minimum atomic E-state index is -0.0986.